The molecule has 0 aliphatic rings. The lowest BCUT2D eigenvalue weighted by atomic mass is 9.88. The lowest BCUT2D eigenvalue weighted by Gasteiger charge is -2.16. The Hall–Kier alpha value is -5.45. The monoisotopic (exact) mass is 597 g/mol. The van der Waals surface area contributed by atoms with Crippen LogP contribution in [0.3, 0.4) is 0 Å². The molecule has 1 aromatic heterocycles. The number of allylic oxidation sites excluding steroid dienone is 2. The molecule has 0 spiro atoms. The van der Waals surface area contributed by atoms with Crippen LogP contribution in [0, 0.1) is 10.8 Å². The summed E-state index contributed by atoms with van der Waals surface area (Å²) in [5.41, 5.74) is 10.3. The number of rotatable bonds is 8. The van der Waals surface area contributed by atoms with E-state index in [9.17, 15) is 0 Å². The number of thiazole rings is 1. The normalized spacial score (nSPS) is 11.4. The van der Waals surface area contributed by atoms with Crippen molar-refractivity contribution in [1.82, 2.24) is 4.98 Å². The number of benzene rings is 6. The average Bonchev–Trinajstić information content (AvgIpc) is 3.54. The quantitative estimate of drug-likeness (QED) is 0.168. The molecule has 0 radical (unpaired) electrons. The third-order valence-electron chi connectivity index (χ3n) is 8.17. The maximum absolute atomic E-state index is 8.81. The number of aromatic nitrogens is 1. The molecule has 45 heavy (non-hydrogen) atoms. The van der Waals surface area contributed by atoms with Crippen molar-refractivity contribution < 1.29 is 0 Å². The molecule has 0 aliphatic heterocycles. The second kappa shape index (κ2) is 12.3. The number of hydrogen-bond donors (Lipinski definition) is 2. The summed E-state index contributed by atoms with van der Waals surface area (Å²) in [6.45, 7) is 2.15. The van der Waals surface area contributed by atoms with Gasteiger partial charge in [0.2, 0.25) is 0 Å². The van der Waals surface area contributed by atoms with Crippen LogP contribution in [0.15, 0.2) is 146 Å². The zero-order valence-corrected chi connectivity index (χ0v) is 25.7. The molecule has 2 N–H and O–H groups in total. The number of aryl methyl sites for hydroxylation is 1. The second-order valence-electron chi connectivity index (χ2n) is 11.0. The van der Waals surface area contributed by atoms with Crippen LogP contribution in [-0.2, 0) is 6.42 Å². The van der Waals surface area contributed by atoms with E-state index in [1.54, 1.807) is 23.5 Å². The van der Waals surface area contributed by atoms with Gasteiger partial charge < -0.3 is 10.8 Å². The number of para-hydroxylation sites is 1. The summed E-state index contributed by atoms with van der Waals surface area (Å²) in [7, 11) is 0. The molecule has 1 heterocycles. The van der Waals surface area contributed by atoms with Crippen molar-refractivity contribution in [2.45, 2.75) is 13.3 Å². The molecule has 0 saturated heterocycles. The molecule has 0 unspecified atom stereocenters. The Morgan fingerprint density at radius 2 is 1.29 bits per heavy atom. The highest BCUT2D eigenvalue weighted by atomic mass is 32.1. The third-order valence-corrected chi connectivity index (χ3v) is 9.33. The largest absolute Gasteiger partial charge is 0.300 e. The van der Waals surface area contributed by atoms with E-state index in [1.165, 1.54) is 15.5 Å². The van der Waals surface area contributed by atoms with Crippen LogP contribution in [0.5, 0.6) is 0 Å². The SMILES string of the molecule is CCc1nc2c(-c3ccc(-c4ccc5ccccc5c4-c4cccc(C(=N)/C=C\C(=N)c5ccccc5)c4)cc3)cccc2s1. The van der Waals surface area contributed by atoms with Crippen molar-refractivity contribution in [3.63, 3.8) is 0 Å². The standard InChI is InChI=1S/C41H31N3S/c1-2-39-44-41-35(16-9-17-38(41)45-39)29-20-18-28(19-21-29)34-23-22-27-10-6-7-15-33(27)40(34)32-14-8-13-31(26-32)37(43)25-24-36(42)30-11-4-3-5-12-30/h3-26,42-43H,2H2,1H3/b25-24-,42-36?,43-37?. The molecule has 7 rings (SSSR count). The lowest BCUT2D eigenvalue weighted by molar-refractivity contribution is 1.11. The van der Waals surface area contributed by atoms with Crippen molar-refractivity contribution in [1.29, 1.82) is 10.8 Å². The van der Waals surface area contributed by atoms with Gasteiger partial charge in [0, 0.05) is 5.56 Å². The van der Waals surface area contributed by atoms with Crippen LogP contribution in [0.2, 0.25) is 0 Å². The molecule has 0 atom stereocenters. The molecule has 7 aromatic rings. The minimum Gasteiger partial charge on any atom is -0.300 e. The molecule has 3 nitrogen and oxygen atoms in total. The fourth-order valence-corrected chi connectivity index (χ4v) is 6.78. The Bertz CT molecular complexity index is 2220. The minimum absolute atomic E-state index is 0.367. The van der Waals surface area contributed by atoms with Crippen molar-refractivity contribution in [2.24, 2.45) is 0 Å². The number of hydrogen-bond acceptors (Lipinski definition) is 4. The van der Waals surface area contributed by atoms with E-state index in [0.29, 0.717) is 11.4 Å². The van der Waals surface area contributed by atoms with Crippen LogP contribution in [-0.4, -0.2) is 16.4 Å². The number of nitrogens with zero attached hydrogens (tertiary/aromatic N) is 1. The zero-order valence-electron chi connectivity index (χ0n) is 24.9. The molecule has 0 bridgehead atoms. The predicted octanol–water partition coefficient (Wildman–Crippen LogP) is 11.0. The van der Waals surface area contributed by atoms with Gasteiger partial charge in [0.25, 0.3) is 0 Å². The van der Waals surface area contributed by atoms with E-state index < -0.39 is 0 Å². The van der Waals surface area contributed by atoms with Crippen LogP contribution >= 0.6 is 11.3 Å². The molecule has 4 heteroatoms. The summed E-state index contributed by atoms with van der Waals surface area (Å²) in [6, 6.07) is 45.9. The number of fused-ring (bicyclic) bond motifs is 2. The maximum Gasteiger partial charge on any atom is 0.0936 e. The maximum atomic E-state index is 8.81. The Morgan fingerprint density at radius 1 is 0.622 bits per heavy atom. The van der Waals surface area contributed by atoms with Gasteiger partial charge in [0.05, 0.1) is 26.6 Å². The predicted molar refractivity (Wildman–Crippen MR) is 192 cm³/mol. The summed E-state index contributed by atoms with van der Waals surface area (Å²) >= 11 is 1.77. The Morgan fingerprint density at radius 3 is 2.07 bits per heavy atom. The van der Waals surface area contributed by atoms with Gasteiger partial charge in [-0.2, -0.15) is 0 Å². The van der Waals surface area contributed by atoms with E-state index >= 15 is 0 Å². The first kappa shape index (κ1) is 28.3. The average molecular weight is 598 g/mol. The summed E-state index contributed by atoms with van der Waals surface area (Å²) in [5.74, 6) is 0. The fraction of sp³-hybridized carbons (Fsp3) is 0.0488. The van der Waals surface area contributed by atoms with E-state index in [4.69, 9.17) is 15.8 Å². The molecule has 0 amide bonds. The Balaban J connectivity index is 1.27. The van der Waals surface area contributed by atoms with E-state index in [0.717, 1.165) is 61.5 Å². The molecule has 216 valence electrons. The summed E-state index contributed by atoms with van der Waals surface area (Å²) in [5, 5.41) is 20.7. The fourth-order valence-electron chi connectivity index (χ4n) is 5.85. The Labute approximate surface area is 267 Å². The van der Waals surface area contributed by atoms with Gasteiger partial charge in [-0.1, -0.05) is 128 Å². The van der Waals surface area contributed by atoms with Gasteiger partial charge in [-0.05, 0) is 80.4 Å². The molecule has 0 aliphatic carbocycles. The van der Waals surface area contributed by atoms with Crippen molar-refractivity contribution >= 4 is 43.7 Å². The summed E-state index contributed by atoms with van der Waals surface area (Å²) < 4.78 is 1.22. The van der Waals surface area contributed by atoms with Crippen molar-refractivity contribution in [3.05, 3.63) is 162 Å². The van der Waals surface area contributed by atoms with Crippen LogP contribution in [0.25, 0.3) is 54.4 Å². The topological polar surface area (TPSA) is 60.6 Å². The second-order valence-corrected chi connectivity index (χ2v) is 12.1. The van der Waals surface area contributed by atoms with Gasteiger partial charge >= 0.3 is 0 Å². The first-order chi connectivity index (χ1) is 22.1. The first-order valence-corrected chi connectivity index (χ1v) is 15.9. The summed E-state index contributed by atoms with van der Waals surface area (Å²) in [6.07, 6.45) is 4.35. The highest BCUT2D eigenvalue weighted by Crippen LogP contribution is 2.40. The van der Waals surface area contributed by atoms with Gasteiger partial charge in [0.15, 0.2) is 0 Å². The van der Waals surface area contributed by atoms with Gasteiger partial charge in [-0.3, -0.25) is 0 Å². The molecule has 6 aromatic carbocycles. The minimum atomic E-state index is 0.367. The molecule has 0 fully saturated rings. The van der Waals surface area contributed by atoms with Crippen LogP contribution in [0.1, 0.15) is 23.1 Å². The number of nitrogens with one attached hydrogen (secondary N) is 2. The van der Waals surface area contributed by atoms with Crippen molar-refractivity contribution in [2.75, 3.05) is 0 Å². The van der Waals surface area contributed by atoms with Gasteiger partial charge in [-0.25, -0.2) is 4.98 Å². The van der Waals surface area contributed by atoms with Crippen LogP contribution in [0.4, 0.5) is 0 Å². The third kappa shape index (κ3) is 5.64. The van der Waals surface area contributed by atoms with Crippen molar-refractivity contribution in [3.8, 4) is 33.4 Å². The molecular weight excluding hydrogens is 567 g/mol. The highest BCUT2D eigenvalue weighted by molar-refractivity contribution is 7.18. The lowest BCUT2D eigenvalue weighted by Crippen LogP contribution is -1.99. The van der Waals surface area contributed by atoms with Crippen LogP contribution < -0.4 is 0 Å². The molecular formula is C41H31N3S. The smallest absolute Gasteiger partial charge is 0.0936 e. The van der Waals surface area contributed by atoms with E-state index in [1.807, 2.05) is 42.5 Å². The van der Waals surface area contributed by atoms with Gasteiger partial charge in [-0.15, -0.1) is 11.3 Å². The first-order valence-electron chi connectivity index (χ1n) is 15.1. The highest BCUT2D eigenvalue weighted by Gasteiger charge is 2.15. The van der Waals surface area contributed by atoms with Gasteiger partial charge in [0.1, 0.15) is 0 Å². The van der Waals surface area contributed by atoms with E-state index in [2.05, 4.69) is 97.9 Å². The Kier molecular flexibility index (Phi) is 7.73. The summed E-state index contributed by atoms with van der Waals surface area (Å²) in [4.78, 5) is 4.92. The molecule has 0 saturated carbocycles. The van der Waals surface area contributed by atoms with E-state index in [-0.39, 0.29) is 0 Å². The zero-order chi connectivity index (χ0) is 30.8.